The number of nitro groups is 1. The van der Waals surface area contributed by atoms with Gasteiger partial charge in [0.1, 0.15) is 18.0 Å². The second kappa shape index (κ2) is 4.06. The highest BCUT2D eigenvalue weighted by molar-refractivity contribution is 6.31. The highest BCUT2D eigenvalue weighted by Crippen LogP contribution is 2.27. The van der Waals surface area contributed by atoms with E-state index in [0.29, 0.717) is 11.6 Å². The molecule has 0 N–H and O–H groups in total. The maximum Gasteiger partial charge on any atom is 0.350 e. The molecule has 0 aliphatic carbocycles. The minimum absolute atomic E-state index is 0.00750. The van der Waals surface area contributed by atoms with Gasteiger partial charge in [0.25, 0.3) is 0 Å². The molecular formula is C8H7ClN6O2. The van der Waals surface area contributed by atoms with Crippen LogP contribution in [0.5, 0.6) is 0 Å². The van der Waals surface area contributed by atoms with E-state index < -0.39 is 4.92 Å². The molecule has 0 unspecified atom stereocenters. The molecule has 17 heavy (non-hydrogen) atoms. The Hall–Kier alpha value is -2.09. The topological polar surface area (TPSA) is 99.6 Å². The minimum atomic E-state index is -0.645. The SMILES string of the molecule is Cc1nc(C)n(-c2ncnc(Cl)c2[N+](=O)[O-])n1. The fraction of sp³-hybridized carbons (Fsp3) is 0.250. The van der Waals surface area contributed by atoms with E-state index in [2.05, 4.69) is 20.1 Å². The molecule has 0 aromatic carbocycles. The van der Waals surface area contributed by atoms with Crippen LogP contribution in [0.1, 0.15) is 11.6 Å². The van der Waals surface area contributed by atoms with Crippen molar-refractivity contribution in [2.24, 2.45) is 0 Å². The zero-order valence-corrected chi connectivity index (χ0v) is 9.71. The van der Waals surface area contributed by atoms with E-state index in [1.807, 2.05) is 0 Å². The fourth-order valence-corrected chi connectivity index (χ4v) is 1.58. The zero-order valence-electron chi connectivity index (χ0n) is 8.96. The molecule has 0 atom stereocenters. The summed E-state index contributed by atoms with van der Waals surface area (Å²) < 4.78 is 1.26. The Balaban J connectivity index is 2.71. The van der Waals surface area contributed by atoms with Crippen LogP contribution in [0.25, 0.3) is 5.82 Å². The number of aryl methyl sites for hydroxylation is 2. The van der Waals surface area contributed by atoms with Gasteiger partial charge in [-0.3, -0.25) is 10.1 Å². The third-order valence-electron chi connectivity index (χ3n) is 2.02. The monoisotopic (exact) mass is 254 g/mol. The molecule has 8 nitrogen and oxygen atoms in total. The van der Waals surface area contributed by atoms with Crippen LogP contribution in [0.3, 0.4) is 0 Å². The Bertz CT molecular complexity index is 596. The second-order valence-electron chi connectivity index (χ2n) is 3.21. The molecule has 2 rings (SSSR count). The van der Waals surface area contributed by atoms with Crippen molar-refractivity contribution in [3.05, 3.63) is 33.2 Å². The van der Waals surface area contributed by atoms with Crippen molar-refractivity contribution in [2.75, 3.05) is 0 Å². The number of nitrogens with zero attached hydrogens (tertiary/aromatic N) is 6. The summed E-state index contributed by atoms with van der Waals surface area (Å²) in [5.41, 5.74) is -0.387. The first-order valence-corrected chi connectivity index (χ1v) is 4.94. The molecule has 0 saturated carbocycles. The number of aromatic nitrogens is 5. The lowest BCUT2D eigenvalue weighted by molar-refractivity contribution is -0.385. The van der Waals surface area contributed by atoms with Crippen molar-refractivity contribution < 1.29 is 4.92 Å². The molecule has 88 valence electrons. The van der Waals surface area contributed by atoms with Gasteiger partial charge in [-0.25, -0.2) is 15.0 Å². The van der Waals surface area contributed by atoms with E-state index in [1.54, 1.807) is 13.8 Å². The largest absolute Gasteiger partial charge is 0.350 e. The molecular weight excluding hydrogens is 248 g/mol. The van der Waals surface area contributed by atoms with Crippen molar-refractivity contribution >= 4 is 17.3 Å². The lowest BCUT2D eigenvalue weighted by atomic mass is 10.5. The molecule has 0 fully saturated rings. The van der Waals surface area contributed by atoms with Crippen molar-refractivity contribution in [1.82, 2.24) is 24.7 Å². The van der Waals surface area contributed by atoms with Gasteiger partial charge in [-0.1, -0.05) is 11.6 Å². The Labute approximate surface area is 100 Å². The fourth-order valence-electron chi connectivity index (χ4n) is 1.38. The average molecular weight is 255 g/mol. The predicted octanol–water partition coefficient (Wildman–Crippen LogP) is 1.24. The van der Waals surface area contributed by atoms with Gasteiger partial charge < -0.3 is 0 Å². The summed E-state index contributed by atoms with van der Waals surface area (Å²) in [6.07, 6.45) is 1.14. The van der Waals surface area contributed by atoms with Gasteiger partial charge in [-0.15, -0.1) is 5.10 Å². The third kappa shape index (κ3) is 1.94. The van der Waals surface area contributed by atoms with Crippen molar-refractivity contribution in [2.45, 2.75) is 13.8 Å². The summed E-state index contributed by atoms with van der Waals surface area (Å²) in [5.74, 6) is 0.986. The molecule has 0 spiro atoms. The number of hydrogen-bond donors (Lipinski definition) is 0. The van der Waals surface area contributed by atoms with E-state index in [1.165, 1.54) is 4.68 Å². The Morgan fingerprint density at radius 2 is 2.12 bits per heavy atom. The van der Waals surface area contributed by atoms with Gasteiger partial charge >= 0.3 is 5.69 Å². The predicted molar refractivity (Wildman–Crippen MR) is 58.1 cm³/mol. The minimum Gasteiger partial charge on any atom is -0.258 e. The maximum absolute atomic E-state index is 10.9. The van der Waals surface area contributed by atoms with Gasteiger partial charge in [0.15, 0.2) is 0 Å². The van der Waals surface area contributed by atoms with Crippen LogP contribution in [-0.4, -0.2) is 29.7 Å². The van der Waals surface area contributed by atoms with Gasteiger partial charge in [-0.05, 0) is 13.8 Å². The van der Waals surface area contributed by atoms with Crippen LogP contribution in [0.4, 0.5) is 5.69 Å². The molecule has 0 bridgehead atoms. The molecule has 0 amide bonds. The van der Waals surface area contributed by atoms with E-state index in [0.717, 1.165) is 6.33 Å². The Kier molecular flexibility index (Phi) is 2.72. The maximum atomic E-state index is 10.9. The third-order valence-corrected chi connectivity index (χ3v) is 2.29. The molecule has 2 aromatic rings. The van der Waals surface area contributed by atoms with Gasteiger partial charge in [0, 0.05) is 0 Å². The summed E-state index contributed by atoms with van der Waals surface area (Å²) in [5, 5.41) is 14.7. The van der Waals surface area contributed by atoms with Crippen LogP contribution < -0.4 is 0 Å². The van der Waals surface area contributed by atoms with Gasteiger partial charge in [-0.2, -0.15) is 4.68 Å². The summed E-state index contributed by atoms with van der Waals surface area (Å²) >= 11 is 5.68. The standard InChI is InChI=1S/C8H7ClN6O2/c1-4-12-5(2)14(13-4)8-6(15(16)17)7(9)10-3-11-8/h3H,1-2H3. The average Bonchev–Trinajstić information content (AvgIpc) is 2.56. The highest BCUT2D eigenvalue weighted by Gasteiger charge is 2.24. The van der Waals surface area contributed by atoms with Crippen LogP contribution in [-0.2, 0) is 0 Å². The van der Waals surface area contributed by atoms with Crippen LogP contribution in [0.15, 0.2) is 6.33 Å². The quantitative estimate of drug-likeness (QED) is 0.454. The van der Waals surface area contributed by atoms with Crippen LogP contribution >= 0.6 is 11.6 Å². The number of halogens is 1. The van der Waals surface area contributed by atoms with Crippen molar-refractivity contribution in [3.8, 4) is 5.82 Å². The van der Waals surface area contributed by atoms with E-state index in [-0.39, 0.29) is 16.7 Å². The lowest BCUT2D eigenvalue weighted by Crippen LogP contribution is -2.07. The number of hydrogen-bond acceptors (Lipinski definition) is 6. The van der Waals surface area contributed by atoms with Crippen molar-refractivity contribution in [1.29, 1.82) is 0 Å². The summed E-state index contributed by atoms with van der Waals surface area (Å²) in [4.78, 5) is 21.7. The Morgan fingerprint density at radius 1 is 1.41 bits per heavy atom. The molecule has 0 aliphatic heterocycles. The molecule has 0 radical (unpaired) electrons. The summed E-state index contributed by atoms with van der Waals surface area (Å²) in [7, 11) is 0. The Morgan fingerprint density at radius 3 is 2.65 bits per heavy atom. The van der Waals surface area contributed by atoms with Crippen LogP contribution in [0, 0.1) is 24.0 Å². The summed E-state index contributed by atoms with van der Waals surface area (Å²) in [6, 6.07) is 0. The van der Waals surface area contributed by atoms with E-state index in [4.69, 9.17) is 11.6 Å². The first-order valence-electron chi connectivity index (χ1n) is 4.56. The first-order chi connectivity index (χ1) is 8.00. The molecule has 0 aliphatic rings. The molecule has 0 saturated heterocycles. The van der Waals surface area contributed by atoms with E-state index in [9.17, 15) is 10.1 Å². The smallest absolute Gasteiger partial charge is 0.258 e. The van der Waals surface area contributed by atoms with Crippen LogP contribution in [0.2, 0.25) is 5.15 Å². The lowest BCUT2D eigenvalue weighted by Gasteiger charge is -2.02. The number of rotatable bonds is 2. The van der Waals surface area contributed by atoms with E-state index >= 15 is 0 Å². The second-order valence-corrected chi connectivity index (χ2v) is 3.57. The molecule has 9 heteroatoms. The highest BCUT2D eigenvalue weighted by atomic mass is 35.5. The van der Waals surface area contributed by atoms with Gasteiger partial charge in [0.05, 0.1) is 4.92 Å². The molecule has 2 aromatic heterocycles. The first kappa shape index (κ1) is 11.4. The molecule has 2 heterocycles. The van der Waals surface area contributed by atoms with Gasteiger partial charge in [0.2, 0.25) is 11.0 Å². The zero-order chi connectivity index (χ0) is 12.6. The normalized spacial score (nSPS) is 10.5. The van der Waals surface area contributed by atoms with Crippen molar-refractivity contribution in [3.63, 3.8) is 0 Å². The summed E-state index contributed by atoms with van der Waals surface area (Å²) in [6.45, 7) is 3.35.